The fourth-order valence-corrected chi connectivity index (χ4v) is 6.22. The van der Waals surface area contributed by atoms with E-state index < -0.39 is 0 Å². The minimum Gasteiger partial charge on any atom is -0.510 e. The second-order valence-corrected chi connectivity index (χ2v) is 10.5. The summed E-state index contributed by atoms with van der Waals surface area (Å²) in [5, 5.41) is 32.7. The maximum Gasteiger partial charge on any atom is 0.191 e. The van der Waals surface area contributed by atoms with Gasteiger partial charge in [-0.25, -0.2) is 4.98 Å². The Morgan fingerprint density at radius 3 is 2.74 bits per heavy atom. The summed E-state index contributed by atoms with van der Waals surface area (Å²) in [6, 6.07) is 14.4. The lowest BCUT2D eigenvalue weighted by Crippen LogP contribution is -2.17. The molecule has 34 heavy (non-hydrogen) atoms. The smallest absolute Gasteiger partial charge is 0.191 e. The third kappa shape index (κ3) is 4.48. The lowest BCUT2D eigenvalue weighted by atomic mass is 9.95. The van der Waals surface area contributed by atoms with Crippen molar-refractivity contribution in [2.75, 3.05) is 5.75 Å². The molecule has 5 rings (SSSR count). The molecule has 0 bridgehead atoms. The monoisotopic (exact) mass is 490 g/mol. The molecule has 3 heterocycles. The number of allylic oxidation sites excluding steroid dienone is 1. The Morgan fingerprint density at radius 2 is 2.00 bits per heavy atom. The summed E-state index contributed by atoms with van der Waals surface area (Å²) in [6.45, 7) is 0. The Kier molecular flexibility index (Phi) is 6.70. The van der Waals surface area contributed by atoms with Crippen LogP contribution < -0.4 is 0 Å². The van der Waals surface area contributed by atoms with Gasteiger partial charge >= 0.3 is 0 Å². The molecule has 1 N–H and O–H groups in total. The number of rotatable bonds is 7. The predicted molar refractivity (Wildman–Crippen MR) is 136 cm³/mol. The van der Waals surface area contributed by atoms with Crippen LogP contribution in [0.2, 0.25) is 0 Å². The van der Waals surface area contributed by atoms with Crippen molar-refractivity contribution in [3.8, 4) is 6.07 Å². The fourth-order valence-electron chi connectivity index (χ4n) is 4.62. The van der Waals surface area contributed by atoms with Crippen LogP contribution in [0.1, 0.15) is 54.7 Å². The van der Waals surface area contributed by atoms with Crippen molar-refractivity contribution >= 4 is 39.7 Å². The largest absolute Gasteiger partial charge is 0.510 e. The Labute approximate surface area is 206 Å². The molecule has 0 atom stereocenters. The van der Waals surface area contributed by atoms with Gasteiger partial charge < -0.3 is 14.2 Å². The first-order valence-electron chi connectivity index (χ1n) is 11.5. The van der Waals surface area contributed by atoms with E-state index >= 15 is 0 Å². The Bertz CT molecular complexity index is 1360. The molecule has 174 valence electrons. The van der Waals surface area contributed by atoms with Gasteiger partial charge in [-0.3, -0.25) is 0 Å². The summed E-state index contributed by atoms with van der Waals surface area (Å²) < 4.78 is 4.12. The van der Waals surface area contributed by atoms with E-state index in [1.165, 1.54) is 35.9 Å². The predicted octanol–water partition coefficient (Wildman–Crippen LogP) is 5.91. The number of aliphatic hydroxyl groups excluding tert-OH is 1. The quantitative estimate of drug-likeness (QED) is 0.197. The number of aryl methyl sites for hydroxylation is 1. The zero-order valence-electron chi connectivity index (χ0n) is 19.0. The summed E-state index contributed by atoms with van der Waals surface area (Å²) >= 11 is 3.16. The maximum atomic E-state index is 10.9. The van der Waals surface area contributed by atoms with Crippen LogP contribution in [0.25, 0.3) is 16.6 Å². The van der Waals surface area contributed by atoms with Crippen LogP contribution >= 0.6 is 23.1 Å². The standard InChI is InChI=1S/C25H26N6OS2/c1-30-21-12-6-5-11-20(21)27-24(30)19(15-26)22(32)16-34-25-29-28-23(14-18-10-7-13-33-18)31(25)17-8-3-2-4-9-17/h5-7,10-13,17,32H,2-4,8-9,14,16H2,1H3/b22-19-. The molecule has 7 nitrogen and oxygen atoms in total. The first kappa shape index (κ1) is 22.7. The molecule has 0 saturated heterocycles. The van der Waals surface area contributed by atoms with Crippen LogP contribution in [0.15, 0.2) is 52.7 Å². The van der Waals surface area contributed by atoms with Crippen molar-refractivity contribution < 1.29 is 5.11 Å². The Hall–Kier alpha value is -3.09. The van der Waals surface area contributed by atoms with E-state index in [2.05, 4.69) is 43.3 Å². The molecule has 4 aromatic rings. The SMILES string of the molecule is Cn1c(/C(C#N)=C(\O)CSc2nnc(Cc3cccs3)n2C2CCCCC2)nc2ccccc21. The van der Waals surface area contributed by atoms with Crippen molar-refractivity contribution in [3.63, 3.8) is 0 Å². The molecule has 1 fully saturated rings. The number of benzene rings is 1. The number of aliphatic hydroxyl groups is 1. The van der Waals surface area contributed by atoms with E-state index in [4.69, 9.17) is 0 Å². The van der Waals surface area contributed by atoms with Gasteiger partial charge in [0.15, 0.2) is 11.0 Å². The molecule has 0 unspecified atom stereocenters. The van der Waals surface area contributed by atoms with Gasteiger partial charge in [0.2, 0.25) is 0 Å². The maximum absolute atomic E-state index is 10.9. The number of thiophene rings is 1. The van der Waals surface area contributed by atoms with Gasteiger partial charge in [0.1, 0.15) is 23.2 Å². The molecule has 0 aliphatic heterocycles. The lowest BCUT2D eigenvalue weighted by molar-refractivity contribution is 0.330. The number of hydrogen-bond acceptors (Lipinski definition) is 7. The highest BCUT2D eigenvalue weighted by Gasteiger charge is 2.24. The first-order chi connectivity index (χ1) is 16.7. The first-order valence-corrected chi connectivity index (χ1v) is 13.3. The Morgan fingerprint density at radius 1 is 1.18 bits per heavy atom. The molecule has 3 aromatic heterocycles. The van der Waals surface area contributed by atoms with Gasteiger partial charge in [-0.2, -0.15) is 5.26 Å². The van der Waals surface area contributed by atoms with Gasteiger partial charge in [-0.05, 0) is 36.4 Å². The van der Waals surface area contributed by atoms with Gasteiger partial charge in [0, 0.05) is 24.4 Å². The van der Waals surface area contributed by atoms with E-state index in [1.54, 1.807) is 11.3 Å². The van der Waals surface area contributed by atoms with Crippen molar-refractivity contribution in [3.05, 3.63) is 64.1 Å². The topological polar surface area (TPSA) is 92.5 Å². The van der Waals surface area contributed by atoms with Crippen molar-refractivity contribution in [1.29, 1.82) is 5.26 Å². The molecule has 0 radical (unpaired) electrons. The summed E-state index contributed by atoms with van der Waals surface area (Å²) in [7, 11) is 1.86. The summed E-state index contributed by atoms with van der Waals surface area (Å²) in [4.78, 5) is 5.84. The van der Waals surface area contributed by atoms with Gasteiger partial charge in [-0.15, -0.1) is 21.5 Å². The number of imidazole rings is 1. The van der Waals surface area contributed by atoms with Crippen LogP contribution in [0, 0.1) is 11.3 Å². The zero-order valence-corrected chi connectivity index (χ0v) is 20.6. The van der Waals surface area contributed by atoms with Gasteiger partial charge in [-0.1, -0.05) is 49.2 Å². The highest BCUT2D eigenvalue weighted by atomic mass is 32.2. The fraction of sp³-hybridized carbons (Fsp3) is 0.360. The number of nitrogens with zero attached hydrogens (tertiary/aromatic N) is 6. The number of fused-ring (bicyclic) bond motifs is 1. The molecule has 1 saturated carbocycles. The highest BCUT2D eigenvalue weighted by molar-refractivity contribution is 7.99. The lowest BCUT2D eigenvalue weighted by Gasteiger charge is -2.25. The average Bonchev–Trinajstić information content (AvgIpc) is 3.60. The molecular weight excluding hydrogens is 464 g/mol. The van der Waals surface area contributed by atoms with Crippen LogP contribution in [0.4, 0.5) is 0 Å². The van der Waals surface area contributed by atoms with Crippen molar-refractivity contribution in [2.45, 2.75) is 49.7 Å². The van der Waals surface area contributed by atoms with E-state index in [1.807, 2.05) is 35.9 Å². The van der Waals surface area contributed by atoms with Crippen LogP contribution in [-0.4, -0.2) is 35.2 Å². The molecular formula is C25H26N6OS2. The summed E-state index contributed by atoms with van der Waals surface area (Å²) in [5.74, 6) is 1.67. The van der Waals surface area contributed by atoms with Crippen LogP contribution in [0.5, 0.6) is 0 Å². The Balaban J connectivity index is 1.43. The number of hydrogen-bond donors (Lipinski definition) is 1. The van der Waals surface area contributed by atoms with E-state index in [9.17, 15) is 10.4 Å². The molecule has 1 aliphatic rings. The number of aromatic nitrogens is 5. The summed E-state index contributed by atoms with van der Waals surface area (Å²) in [5.41, 5.74) is 1.90. The van der Waals surface area contributed by atoms with E-state index in [0.717, 1.165) is 41.3 Å². The molecule has 0 amide bonds. The highest BCUT2D eigenvalue weighted by Crippen LogP contribution is 2.34. The molecule has 1 aliphatic carbocycles. The summed E-state index contributed by atoms with van der Waals surface area (Å²) in [6.07, 6.45) is 6.69. The van der Waals surface area contributed by atoms with Crippen molar-refractivity contribution in [1.82, 2.24) is 24.3 Å². The average molecular weight is 491 g/mol. The van der Waals surface area contributed by atoms with Gasteiger partial charge in [0.25, 0.3) is 0 Å². The minimum absolute atomic E-state index is 0.00362. The number of para-hydroxylation sites is 2. The number of nitriles is 1. The van der Waals surface area contributed by atoms with Crippen molar-refractivity contribution in [2.24, 2.45) is 7.05 Å². The minimum atomic E-state index is 0.00362. The van der Waals surface area contributed by atoms with Crippen LogP contribution in [0.3, 0.4) is 0 Å². The second-order valence-electron chi connectivity index (χ2n) is 8.52. The third-order valence-corrected chi connectivity index (χ3v) is 8.17. The molecule has 1 aromatic carbocycles. The molecule has 0 spiro atoms. The second kappa shape index (κ2) is 10.0. The normalized spacial score (nSPS) is 15.4. The molecule has 9 heteroatoms. The van der Waals surface area contributed by atoms with Crippen LogP contribution in [-0.2, 0) is 13.5 Å². The van der Waals surface area contributed by atoms with E-state index in [0.29, 0.717) is 11.9 Å². The third-order valence-electron chi connectivity index (χ3n) is 6.34. The number of thioether (sulfide) groups is 1. The van der Waals surface area contributed by atoms with Gasteiger partial charge in [0.05, 0.1) is 16.8 Å². The van der Waals surface area contributed by atoms with E-state index in [-0.39, 0.29) is 17.1 Å². The zero-order chi connectivity index (χ0) is 23.5.